The second-order valence-electron chi connectivity index (χ2n) is 16.2. The van der Waals surface area contributed by atoms with Crippen molar-refractivity contribution in [3.05, 3.63) is 53.6 Å². The molecule has 0 saturated carbocycles. The van der Waals surface area contributed by atoms with Crippen LogP contribution in [0.5, 0.6) is 0 Å². The van der Waals surface area contributed by atoms with Crippen molar-refractivity contribution in [2.24, 2.45) is 11.7 Å². The van der Waals surface area contributed by atoms with Crippen molar-refractivity contribution in [2.45, 2.75) is 56.7 Å². The van der Waals surface area contributed by atoms with Crippen LogP contribution in [0.1, 0.15) is 75.8 Å². The first-order valence-electron chi connectivity index (χ1n) is 20.1. The summed E-state index contributed by atoms with van der Waals surface area (Å²) in [5.74, 6) is -0.272. The maximum atomic E-state index is 13.3. The predicted molar refractivity (Wildman–Crippen MR) is 209 cm³/mol. The molecule has 0 radical (unpaired) electrons. The molecule has 9 rings (SSSR count). The molecule has 2 aromatic heterocycles. The van der Waals surface area contributed by atoms with E-state index in [1.165, 1.54) is 0 Å². The number of anilines is 4. The van der Waals surface area contributed by atoms with Crippen molar-refractivity contribution in [2.75, 3.05) is 87.6 Å². The quantitative estimate of drug-likeness (QED) is 0.251. The van der Waals surface area contributed by atoms with E-state index >= 15 is 0 Å². The highest BCUT2D eigenvalue weighted by molar-refractivity contribution is 6.23. The van der Waals surface area contributed by atoms with Crippen molar-refractivity contribution in [3.63, 3.8) is 0 Å². The number of benzene rings is 1. The minimum absolute atomic E-state index is 0.0498. The lowest BCUT2D eigenvalue weighted by Crippen LogP contribution is -2.52. The molecule has 3 aromatic rings. The summed E-state index contributed by atoms with van der Waals surface area (Å²) in [6.07, 6.45) is 10.3. The number of hydrogen-bond acceptors (Lipinski definition) is 12. The maximum Gasteiger partial charge on any atom is 0.320 e. The van der Waals surface area contributed by atoms with Crippen LogP contribution in [-0.4, -0.2) is 154 Å². The molecule has 6 aliphatic heterocycles. The fourth-order valence-electron chi connectivity index (χ4n) is 9.29. The van der Waals surface area contributed by atoms with Gasteiger partial charge in [0.05, 0.1) is 41.3 Å². The zero-order valence-corrected chi connectivity index (χ0v) is 32.2. The Morgan fingerprint density at radius 1 is 0.895 bits per heavy atom. The van der Waals surface area contributed by atoms with Gasteiger partial charge in [-0.15, -0.1) is 0 Å². The largest absolute Gasteiger partial charge is 0.371 e. The maximum absolute atomic E-state index is 13.3. The number of urea groups is 1. The summed E-state index contributed by atoms with van der Waals surface area (Å²) < 4.78 is 1.95. The van der Waals surface area contributed by atoms with E-state index in [9.17, 15) is 24.0 Å². The molecule has 2 atom stereocenters. The van der Waals surface area contributed by atoms with Crippen molar-refractivity contribution in [1.29, 1.82) is 0 Å². The minimum atomic E-state index is -0.746. The van der Waals surface area contributed by atoms with Gasteiger partial charge < -0.3 is 36.0 Å². The Morgan fingerprint density at radius 3 is 2.46 bits per heavy atom. The van der Waals surface area contributed by atoms with Gasteiger partial charge in [-0.1, -0.05) is 0 Å². The van der Waals surface area contributed by atoms with E-state index in [4.69, 9.17) is 10.7 Å². The van der Waals surface area contributed by atoms with Crippen LogP contribution in [0, 0.1) is 5.92 Å². The first kappa shape index (κ1) is 36.8. The van der Waals surface area contributed by atoms with Crippen LogP contribution in [0.3, 0.4) is 0 Å². The third-order valence-corrected chi connectivity index (χ3v) is 12.5. The number of fused-ring (bicyclic) bond motifs is 1. The van der Waals surface area contributed by atoms with E-state index in [-0.39, 0.29) is 47.3 Å². The Morgan fingerprint density at radius 2 is 1.70 bits per heavy atom. The normalized spacial score (nSPS) is 23.6. The molecule has 5 saturated heterocycles. The summed E-state index contributed by atoms with van der Waals surface area (Å²) in [6.45, 7) is 7.89. The Labute approximate surface area is 330 Å². The molecule has 18 nitrogen and oxygen atoms in total. The van der Waals surface area contributed by atoms with E-state index in [1.807, 2.05) is 35.0 Å². The van der Waals surface area contributed by atoms with Crippen LogP contribution in [0.2, 0.25) is 0 Å². The van der Waals surface area contributed by atoms with Gasteiger partial charge in [0, 0.05) is 84.4 Å². The molecule has 4 N–H and O–H groups in total. The average molecular weight is 780 g/mol. The zero-order chi connectivity index (χ0) is 39.4. The van der Waals surface area contributed by atoms with Gasteiger partial charge in [-0.2, -0.15) is 5.10 Å². The second kappa shape index (κ2) is 14.9. The Balaban J connectivity index is 0.767. The van der Waals surface area contributed by atoms with Crippen molar-refractivity contribution in [1.82, 2.24) is 44.7 Å². The smallest absolute Gasteiger partial charge is 0.320 e. The van der Waals surface area contributed by atoms with Gasteiger partial charge in [0.25, 0.3) is 17.7 Å². The number of carbonyl (C=O) groups excluding carboxylic acids is 5. The van der Waals surface area contributed by atoms with Crippen LogP contribution >= 0.6 is 0 Å². The molecular weight excluding hydrogens is 731 g/mol. The number of imide groups is 1. The van der Waals surface area contributed by atoms with E-state index in [0.29, 0.717) is 54.6 Å². The zero-order valence-electron chi connectivity index (χ0n) is 32.2. The third-order valence-electron chi connectivity index (χ3n) is 12.5. The molecule has 57 heavy (non-hydrogen) atoms. The molecule has 0 spiro atoms. The Kier molecular flexibility index (Phi) is 9.66. The summed E-state index contributed by atoms with van der Waals surface area (Å²) in [6, 6.07) is 5.09. The molecular formula is C39H49N13O5. The number of nitrogens with zero attached hydrogens (tertiary/aromatic N) is 10. The number of rotatable bonds is 10. The number of likely N-dealkylation sites (N-methyl/N-ethyl adjacent to an activating group) is 1. The summed E-state index contributed by atoms with van der Waals surface area (Å²) in [4.78, 5) is 84.8. The van der Waals surface area contributed by atoms with Crippen LogP contribution < -0.4 is 26.2 Å². The topological polar surface area (TPSA) is 198 Å². The number of nitrogens with two attached hydrogens (primary N) is 1. The molecule has 6 aliphatic rings. The molecule has 6 amide bonds. The third kappa shape index (κ3) is 6.99. The van der Waals surface area contributed by atoms with E-state index in [0.717, 1.165) is 88.5 Å². The summed E-state index contributed by atoms with van der Waals surface area (Å²) in [5, 5.41) is 10.6. The number of piperidine rings is 3. The average Bonchev–Trinajstić information content (AvgIpc) is 3.87. The van der Waals surface area contributed by atoms with Crippen LogP contribution in [0.4, 0.5) is 27.8 Å². The van der Waals surface area contributed by atoms with Crippen LogP contribution in [0.15, 0.2) is 36.8 Å². The van der Waals surface area contributed by atoms with Gasteiger partial charge >= 0.3 is 6.03 Å². The van der Waals surface area contributed by atoms with Crippen molar-refractivity contribution >= 4 is 52.7 Å². The molecule has 5 fully saturated rings. The first-order valence-corrected chi connectivity index (χ1v) is 20.1. The lowest BCUT2D eigenvalue weighted by molar-refractivity contribution is -0.126. The SMILES string of the molecule is CN1CCN([C@@H]2CCCN(c3cnc(C(N)=O)c(Nc4cnn(C5CN(CC6CCN(c7ccc8c(c7)C(=O)N([C@@H]7CCCNC7=O)C8=O)CC6)C5)c4)n3)C2)C1=O. The predicted octanol–water partition coefficient (Wildman–Crippen LogP) is 1.50. The Hall–Kier alpha value is -5.78. The second-order valence-corrected chi connectivity index (χ2v) is 16.2. The fourth-order valence-corrected chi connectivity index (χ4v) is 9.29. The van der Waals surface area contributed by atoms with Gasteiger partial charge in [0.2, 0.25) is 5.91 Å². The number of nitrogens with one attached hydrogen (secondary N) is 2. The monoisotopic (exact) mass is 779 g/mol. The van der Waals surface area contributed by atoms with E-state index in [1.54, 1.807) is 23.4 Å². The van der Waals surface area contributed by atoms with Gasteiger partial charge in [-0.25, -0.2) is 14.8 Å². The summed E-state index contributed by atoms with van der Waals surface area (Å²) in [7, 11) is 1.83. The van der Waals surface area contributed by atoms with Crippen LogP contribution in [0.25, 0.3) is 0 Å². The van der Waals surface area contributed by atoms with Gasteiger partial charge in [0.1, 0.15) is 11.9 Å². The standard InChI is InChI=1S/C39H49N13O5/c1-46-14-15-50(39(46)57)27-4-3-11-49(23-27)32-18-42-33(34(40)53)35(45-32)44-25-17-43-51(20-25)28-21-47(22-28)19-24-8-12-48(13-9-24)26-6-7-29-30(16-26)38(56)52(37(29)55)31-5-2-10-41-36(31)54/h6-7,16-18,20,24,27-28,31H,2-5,8-15,19,21-23H2,1H3,(H2,40,53)(H,41,54)(H,44,45)/t27-,31-/m1/s1. The fraction of sp³-hybridized carbons (Fsp3) is 0.538. The Bertz CT molecular complexity index is 2090. The lowest BCUT2D eigenvalue weighted by atomic mass is 9.93. The number of hydrogen-bond donors (Lipinski definition) is 3. The summed E-state index contributed by atoms with van der Waals surface area (Å²) in [5.41, 5.74) is 8.11. The molecule has 300 valence electrons. The highest BCUT2D eigenvalue weighted by Crippen LogP contribution is 2.34. The molecule has 0 bridgehead atoms. The summed E-state index contributed by atoms with van der Waals surface area (Å²) >= 11 is 0. The first-order chi connectivity index (χ1) is 27.6. The van der Waals surface area contributed by atoms with E-state index in [2.05, 4.69) is 35.4 Å². The van der Waals surface area contributed by atoms with Crippen molar-refractivity contribution in [3.8, 4) is 0 Å². The number of likely N-dealkylation sites (tertiary alicyclic amines) is 1. The number of primary amides is 1. The number of amides is 6. The molecule has 1 aromatic carbocycles. The van der Waals surface area contributed by atoms with Crippen LogP contribution in [-0.2, 0) is 4.79 Å². The number of carbonyl (C=O) groups is 5. The molecule has 8 heterocycles. The van der Waals surface area contributed by atoms with Gasteiger partial charge in [-0.3, -0.25) is 33.7 Å². The van der Waals surface area contributed by atoms with Crippen molar-refractivity contribution < 1.29 is 24.0 Å². The molecule has 18 heteroatoms. The highest BCUT2D eigenvalue weighted by Gasteiger charge is 2.44. The highest BCUT2D eigenvalue weighted by atomic mass is 16.2. The lowest BCUT2D eigenvalue weighted by Gasteiger charge is -2.43. The minimum Gasteiger partial charge on any atom is -0.371 e. The molecule has 0 unspecified atom stereocenters. The van der Waals surface area contributed by atoms with E-state index < -0.39 is 11.9 Å². The van der Waals surface area contributed by atoms with Gasteiger partial charge in [0.15, 0.2) is 11.5 Å². The number of aromatic nitrogens is 4. The van der Waals surface area contributed by atoms with Gasteiger partial charge in [-0.05, 0) is 62.6 Å². The molecule has 0 aliphatic carbocycles.